The first kappa shape index (κ1) is 101. The molecule has 0 amide bonds. The van der Waals surface area contributed by atoms with Gasteiger partial charge in [-0.25, -0.2) is 8.42 Å². The van der Waals surface area contributed by atoms with Crippen LogP contribution >= 0.6 is 0 Å². The van der Waals surface area contributed by atoms with Gasteiger partial charge in [-0.3, -0.25) is 36.4 Å². The zero-order chi connectivity index (χ0) is 69.7. The normalized spacial score (nSPS) is 12.7. The van der Waals surface area contributed by atoms with Crippen molar-refractivity contribution in [1.29, 1.82) is 0 Å². The lowest BCUT2D eigenvalue weighted by Gasteiger charge is -2.06. The topological polar surface area (TPSA) is 512 Å². The van der Waals surface area contributed by atoms with E-state index in [2.05, 4.69) is 12.1 Å². The van der Waals surface area contributed by atoms with E-state index in [1.165, 1.54) is 29.2 Å². The molecule has 0 atom stereocenters. The molecule has 0 spiro atoms. The van der Waals surface area contributed by atoms with E-state index >= 15 is 0 Å². The fourth-order valence-electron chi connectivity index (χ4n) is 4.91. The number of unbranched alkanes of at least 4 members (excludes halogenated alkanes) is 9. The smallest absolute Gasteiger partial charge is 0.264 e. The van der Waals surface area contributed by atoms with Crippen LogP contribution in [-0.2, 0) is 102 Å². The SMILES string of the molecule is CCCCS(=O)(=O)O.CCCCS(=O)(=O)O.CCCCS(=O)(=O)O.CCCCS(=O)(=O)O.CCCCS(=O)(=O)O.CCCCS(=O)(=O)O.CCCCS(=O)(=O)O.CCCCS(=O)(=O)O.CCCCS(=O)(=O)[O-].Cc1cc([S+]2CCCC2)cc(C)c1O. The molecule has 0 saturated carbocycles. The third-order valence-corrected chi connectivity index (χ3v) is 19.3. The van der Waals surface area contributed by atoms with E-state index in [1.807, 2.05) is 76.2 Å². The Morgan fingerprint density at radius 1 is 0.326 bits per heavy atom. The van der Waals surface area contributed by atoms with Crippen LogP contribution in [0.2, 0.25) is 0 Å². The van der Waals surface area contributed by atoms with Gasteiger partial charge in [0.2, 0.25) is 0 Å². The summed E-state index contributed by atoms with van der Waals surface area (Å²) in [6, 6.07) is 4.33. The Hall–Kier alpha value is -1.44. The third-order valence-electron chi connectivity index (χ3n) is 9.62. The highest BCUT2D eigenvalue weighted by Gasteiger charge is 2.27. The van der Waals surface area contributed by atoms with Crippen molar-refractivity contribution in [3.63, 3.8) is 0 Å². The lowest BCUT2D eigenvalue weighted by Crippen LogP contribution is -2.04. The van der Waals surface area contributed by atoms with E-state index in [9.17, 15) is 85.4 Å². The second-order valence-corrected chi connectivity index (χ2v) is 35.1. The number of phenols is 1. The summed E-state index contributed by atoms with van der Waals surface area (Å²) < 4.78 is 254. The average molecular weight is 1450 g/mol. The van der Waals surface area contributed by atoms with Crippen molar-refractivity contribution in [2.75, 3.05) is 63.3 Å². The third kappa shape index (κ3) is 110. The van der Waals surface area contributed by atoms with Crippen molar-refractivity contribution in [3.8, 4) is 5.75 Å². The minimum absolute atomic E-state index is 0.108. The summed E-state index contributed by atoms with van der Waals surface area (Å²) in [4.78, 5) is 1.45. The molecule has 0 aromatic heterocycles. The highest BCUT2D eigenvalue weighted by Crippen LogP contribution is 2.29. The van der Waals surface area contributed by atoms with Gasteiger partial charge in [-0.1, -0.05) is 120 Å². The van der Waals surface area contributed by atoms with Gasteiger partial charge in [-0.15, -0.1) is 0 Å². The van der Waals surface area contributed by atoms with Crippen LogP contribution in [0, 0.1) is 13.8 Å². The first-order chi connectivity index (χ1) is 38.7. The molecule has 1 aliphatic rings. The molecule has 9 N–H and O–H groups in total. The van der Waals surface area contributed by atoms with Gasteiger partial charge in [0.25, 0.3) is 80.9 Å². The molecule has 0 aliphatic carbocycles. The number of phenolic OH excluding ortho intramolecular Hbond substituents is 1. The molecule has 28 nitrogen and oxygen atoms in total. The molecular weight excluding hydrogens is 1350 g/mol. The quantitative estimate of drug-likeness (QED) is 0.0280. The van der Waals surface area contributed by atoms with Gasteiger partial charge in [0.05, 0.1) is 56.1 Å². The summed E-state index contributed by atoms with van der Waals surface area (Å²) >= 11 is 0. The summed E-state index contributed by atoms with van der Waals surface area (Å²) in [6.07, 6.45) is 14.6. The molecule has 2 rings (SSSR count). The first-order valence-electron chi connectivity index (χ1n) is 27.7. The van der Waals surface area contributed by atoms with Gasteiger partial charge in [0.15, 0.2) is 4.90 Å². The predicted molar refractivity (Wildman–Crippen MR) is 342 cm³/mol. The highest BCUT2D eigenvalue weighted by molar-refractivity contribution is 7.97. The van der Waals surface area contributed by atoms with E-state index < -0.39 is 91.1 Å². The fourth-order valence-corrected chi connectivity index (χ4v) is 13.2. The Bertz CT molecular complexity index is 2320. The molecule has 1 saturated heterocycles. The van der Waals surface area contributed by atoms with Crippen LogP contribution in [0.4, 0.5) is 0 Å². The molecule has 1 aromatic rings. The first-order valence-corrected chi connectivity index (χ1v) is 43.8. The Labute approximate surface area is 521 Å². The Morgan fingerprint density at radius 3 is 0.581 bits per heavy atom. The molecule has 1 fully saturated rings. The van der Waals surface area contributed by atoms with Crippen LogP contribution in [0.25, 0.3) is 0 Å². The molecule has 526 valence electrons. The highest BCUT2D eigenvalue weighted by atomic mass is 32.3. The second-order valence-electron chi connectivity index (χ2n) is 18.7. The molecule has 1 heterocycles. The monoisotopic (exact) mass is 1450 g/mol. The number of aromatic hydroxyl groups is 1. The maximum absolute atomic E-state index is 9.95. The lowest BCUT2D eigenvalue weighted by molar-refractivity contribution is 0.460. The van der Waals surface area contributed by atoms with Crippen LogP contribution in [0.15, 0.2) is 17.0 Å². The number of hydrogen-bond acceptors (Lipinski definition) is 20. The summed E-state index contributed by atoms with van der Waals surface area (Å²) in [5.74, 6) is 2.09. The van der Waals surface area contributed by atoms with E-state index in [0.717, 1.165) is 68.9 Å². The zero-order valence-electron chi connectivity index (χ0n) is 51.9. The molecule has 38 heteroatoms. The molecule has 0 unspecified atom stereocenters. The number of rotatable bonds is 28. The second kappa shape index (κ2) is 56.3. The van der Waals surface area contributed by atoms with Gasteiger partial charge in [0.1, 0.15) is 17.3 Å². The van der Waals surface area contributed by atoms with Crippen LogP contribution < -0.4 is 0 Å². The van der Waals surface area contributed by atoms with Crippen molar-refractivity contribution in [1.82, 2.24) is 0 Å². The van der Waals surface area contributed by atoms with Crippen LogP contribution in [0.3, 0.4) is 0 Å². The Balaban J connectivity index is -0.000000132. The maximum atomic E-state index is 9.95. The molecule has 0 bridgehead atoms. The van der Waals surface area contributed by atoms with Crippen molar-refractivity contribution in [2.45, 2.75) is 209 Å². The Kier molecular flexibility index (Phi) is 66.0. The fraction of sp³-hybridized carbons (Fsp3) is 0.875. The predicted octanol–water partition coefficient (Wildman–Crippen LogP) is 8.51. The molecule has 86 heavy (non-hydrogen) atoms. The van der Waals surface area contributed by atoms with E-state index in [0.29, 0.717) is 74.4 Å². The van der Waals surface area contributed by atoms with Crippen molar-refractivity contribution in [3.05, 3.63) is 23.3 Å². The molecule has 1 aliphatic heterocycles. The van der Waals surface area contributed by atoms with E-state index in [1.54, 1.807) is 0 Å². The van der Waals surface area contributed by atoms with Crippen molar-refractivity contribution in [2.24, 2.45) is 0 Å². The van der Waals surface area contributed by atoms with Gasteiger partial charge >= 0.3 is 0 Å². The summed E-state index contributed by atoms with van der Waals surface area (Å²) in [5.41, 5.74) is 2.05. The van der Waals surface area contributed by atoms with Gasteiger partial charge in [0, 0.05) is 16.6 Å². The summed E-state index contributed by atoms with van der Waals surface area (Å²) in [6.45, 7) is 20.8. The average Bonchev–Trinajstić information content (AvgIpc) is 3.90. The maximum Gasteiger partial charge on any atom is 0.264 e. The van der Waals surface area contributed by atoms with Crippen molar-refractivity contribution < 1.29 is 122 Å². The van der Waals surface area contributed by atoms with Crippen LogP contribution in [-0.4, -0.2) is 185 Å². The largest absolute Gasteiger partial charge is 0.748 e. The zero-order valence-corrected chi connectivity index (χ0v) is 60.1. The minimum Gasteiger partial charge on any atom is -0.748 e. The van der Waals surface area contributed by atoms with Crippen LogP contribution in [0.5, 0.6) is 5.75 Å². The molecule has 1 aromatic carbocycles. The van der Waals surface area contributed by atoms with Crippen LogP contribution in [0.1, 0.15) is 202 Å². The van der Waals surface area contributed by atoms with Gasteiger partial charge in [-0.2, -0.15) is 67.3 Å². The summed E-state index contributed by atoms with van der Waals surface area (Å²) in [7, 11) is -33.0. The van der Waals surface area contributed by atoms with Gasteiger partial charge < -0.3 is 9.66 Å². The molecular formula is C48H106O28S10. The summed E-state index contributed by atoms with van der Waals surface area (Å²) in [5, 5.41) is 9.68. The van der Waals surface area contributed by atoms with E-state index in [4.69, 9.17) is 36.4 Å². The number of benzene rings is 1. The number of hydrogen-bond donors (Lipinski definition) is 9. The lowest BCUT2D eigenvalue weighted by atomic mass is 10.1. The van der Waals surface area contributed by atoms with Crippen molar-refractivity contribution >= 4 is 102 Å². The molecule has 0 radical (unpaired) electrons. The standard InChI is InChI=1S/C12H16OS.9C4H10O3S/c1-9-7-11(8-10(2)12(9)13)14-5-3-4-6-14;9*1-2-3-4-8(5,6)7/h7-8H,3-6H2,1-2H3;9*2-4H2,1H3,(H,5,6,7). The van der Waals surface area contributed by atoms with Gasteiger partial charge in [-0.05, 0) is 108 Å². The van der Waals surface area contributed by atoms with E-state index in [-0.39, 0.29) is 51.8 Å². The number of aryl methyl sites for hydroxylation is 2. The Morgan fingerprint density at radius 2 is 0.477 bits per heavy atom. The minimum atomic E-state index is -3.94.